The summed E-state index contributed by atoms with van der Waals surface area (Å²) in [5, 5.41) is 2.78. The highest BCUT2D eigenvalue weighted by molar-refractivity contribution is 6.02. The number of hydrogen-bond donors (Lipinski definition) is 1. The van der Waals surface area contributed by atoms with Crippen LogP contribution in [0.3, 0.4) is 0 Å². The number of carbonyl (C=O) groups excluding carboxylic acids is 1. The van der Waals surface area contributed by atoms with Gasteiger partial charge in [0.05, 0.1) is 0 Å². The number of nitrogens with zero attached hydrogens (tertiary/aromatic N) is 1. The lowest BCUT2D eigenvalue weighted by Crippen LogP contribution is -2.41. The third-order valence-corrected chi connectivity index (χ3v) is 2.11. The van der Waals surface area contributed by atoms with Gasteiger partial charge in [0.2, 0.25) is 5.91 Å². The van der Waals surface area contributed by atoms with E-state index in [9.17, 15) is 4.79 Å². The molecule has 2 heterocycles. The molecule has 2 aliphatic heterocycles. The molecule has 1 N–H and O–H groups in total. The number of aliphatic imine (C=N–C) groups is 1. The molecule has 0 aromatic heterocycles. The van der Waals surface area contributed by atoms with Crippen LogP contribution < -0.4 is 5.32 Å². The molecule has 0 spiro atoms. The molecule has 0 aromatic carbocycles. The fourth-order valence-corrected chi connectivity index (χ4v) is 1.47. The molecule has 2 rings (SSSR count). The Labute approximate surface area is 65.2 Å². The zero-order chi connectivity index (χ0) is 7.68. The molecule has 1 unspecified atom stereocenters. The lowest BCUT2D eigenvalue weighted by molar-refractivity contribution is -0.120. The van der Waals surface area contributed by atoms with Gasteiger partial charge in [-0.2, -0.15) is 0 Å². The van der Waals surface area contributed by atoms with Gasteiger partial charge in [-0.1, -0.05) is 6.08 Å². The monoisotopic (exact) mass is 150 g/mol. The Kier molecular flexibility index (Phi) is 1.49. The summed E-state index contributed by atoms with van der Waals surface area (Å²) in [6, 6.07) is 0. The van der Waals surface area contributed by atoms with Crippen molar-refractivity contribution in [2.45, 2.75) is 19.3 Å². The Morgan fingerprint density at radius 1 is 1.64 bits per heavy atom. The van der Waals surface area contributed by atoms with E-state index in [0.717, 1.165) is 18.7 Å². The van der Waals surface area contributed by atoms with Crippen molar-refractivity contribution < 1.29 is 4.79 Å². The lowest BCUT2D eigenvalue weighted by Gasteiger charge is -2.24. The van der Waals surface area contributed by atoms with Gasteiger partial charge in [0.25, 0.3) is 0 Å². The summed E-state index contributed by atoms with van der Waals surface area (Å²) in [6.07, 6.45) is 6.44. The normalized spacial score (nSPS) is 28.9. The molecule has 0 aromatic rings. The fourth-order valence-electron chi connectivity index (χ4n) is 1.47. The van der Waals surface area contributed by atoms with Crippen molar-refractivity contribution in [2.24, 2.45) is 10.9 Å². The van der Waals surface area contributed by atoms with Crippen molar-refractivity contribution in [3.8, 4) is 0 Å². The van der Waals surface area contributed by atoms with Crippen LogP contribution in [0.5, 0.6) is 0 Å². The number of hydrogen-bond acceptors (Lipinski definition) is 2. The van der Waals surface area contributed by atoms with Gasteiger partial charge in [-0.25, -0.2) is 4.99 Å². The number of fused-ring (bicyclic) bond motifs is 1. The van der Waals surface area contributed by atoms with E-state index in [1.165, 1.54) is 0 Å². The average molecular weight is 150 g/mol. The Bertz CT molecular complexity index is 242. The molecule has 1 fully saturated rings. The molecule has 2 aliphatic rings. The first kappa shape index (κ1) is 6.58. The Morgan fingerprint density at radius 3 is 3.45 bits per heavy atom. The molecule has 3 nitrogen and oxygen atoms in total. The van der Waals surface area contributed by atoms with Crippen molar-refractivity contribution in [1.29, 1.82) is 0 Å². The molecule has 0 aliphatic carbocycles. The third-order valence-electron chi connectivity index (χ3n) is 2.11. The molecule has 1 atom stereocenters. The van der Waals surface area contributed by atoms with Gasteiger partial charge < -0.3 is 5.32 Å². The Morgan fingerprint density at radius 2 is 2.55 bits per heavy atom. The minimum absolute atomic E-state index is 0.107. The van der Waals surface area contributed by atoms with Crippen LogP contribution in [0.25, 0.3) is 0 Å². The van der Waals surface area contributed by atoms with E-state index >= 15 is 0 Å². The van der Waals surface area contributed by atoms with Gasteiger partial charge in [0.1, 0.15) is 5.84 Å². The molecule has 11 heavy (non-hydrogen) atoms. The summed E-state index contributed by atoms with van der Waals surface area (Å²) in [6.45, 7) is 0. The maximum absolute atomic E-state index is 10.9. The van der Waals surface area contributed by atoms with Crippen LogP contribution in [-0.2, 0) is 4.79 Å². The fraction of sp³-hybridized carbons (Fsp3) is 0.500. The molecule has 0 saturated carbocycles. The molecule has 1 saturated heterocycles. The van der Waals surface area contributed by atoms with Gasteiger partial charge >= 0.3 is 0 Å². The zero-order valence-corrected chi connectivity index (χ0v) is 6.21. The van der Waals surface area contributed by atoms with Gasteiger partial charge in [-0.05, 0) is 12.8 Å². The first-order valence-electron chi connectivity index (χ1n) is 3.89. The molecule has 1 amide bonds. The summed E-state index contributed by atoms with van der Waals surface area (Å²) in [4.78, 5) is 15.0. The van der Waals surface area contributed by atoms with Gasteiger partial charge in [0, 0.05) is 18.5 Å². The molecular formula is C8H10N2O. The minimum atomic E-state index is 0.107. The second-order valence-corrected chi connectivity index (χ2v) is 2.92. The second-order valence-electron chi connectivity index (χ2n) is 2.92. The summed E-state index contributed by atoms with van der Waals surface area (Å²) >= 11 is 0. The highest BCUT2D eigenvalue weighted by Crippen LogP contribution is 2.20. The predicted octanol–water partition coefficient (Wildman–Crippen LogP) is 0.829. The summed E-state index contributed by atoms with van der Waals surface area (Å²) in [5.41, 5.74) is 0. The molecular weight excluding hydrogens is 140 g/mol. The largest absolute Gasteiger partial charge is 0.314 e. The van der Waals surface area contributed by atoms with Crippen molar-refractivity contribution >= 4 is 11.7 Å². The average Bonchev–Trinajstić information content (AvgIpc) is 2.04. The van der Waals surface area contributed by atoms with Crippen molar-refractivity contribution in [1.82, 2.24) is 5.32 Å². The Hall–Kier alpha value is -1.12. The van der Waals surface area contributed by atoms with Crippen LogP contribution in [-0.4, -0.2) is 11.7 Å². The summed E-state index contributed by atoms with van der Waals surface area (Å²) in [7, 11) is 0. The number of amides is 1. The van der Waals surface area contributed by atoms with Crippen LogP contribution in [0.15, 0.2) is 17.3 Å². The number of rotatable bonds is 0. The van der Waals surface area contributed by atoms with Crippen LogP contribution in [0.2, 0.25) is 0 Å². The van der Waals surface area contributed by atoms with Gasteiger partial charge in [-0.3, -0.25) is 4.79 Å². The SMILES string of the molecule is O=C1CCC2CC=CN=C2N1. The number of allylic oxidation sites excluding steroid dienone is 1. The highest BCUT2D eigenvalue weighted by Gasteiger charge is 2.24. The standard InChI is InChI=1S/C8H10N2O/c11-7-4-3-6-2-1-5-9-8(6)10-7/h1,5-6H,2-4H2,(H,9,10,11). The van der Waals surface area contributed by atoms with E-state index in [4.69, 9.17) is 0 Å². The summed E-state index contributed by atoms with van der Waals surface area (Å²) in [5.74, 6) is 1.44. The van der Waals surface area contributed by atoms with Crippen LogP contribution >= 0.6 is 0 Å². The number of nitrogens with one attached hydrogen (secondary N) is 1. The maximum atomic E-state index is 10.9. The number of amidine groups is 1. The van der Waals surface area contributed by atoms with Crippen molar-refractivity contribution in [3.05, 3.63) is 12.3 Å². The number of carbonyl (C=O) groups is 1. The first-order chi connectivity index (χ1) is 5.36. The smallest absolute Gasteiger partial charge is 0.225 e. The minimum Gasteiger partial charge on any atom is -0.314 e. The second kappa shape index (κ2) is 2.49. The molecule has 58 valence electrons. The van der Waals surface area contributed by atoms with Crippen molar-refractivity contribution in [3.63, 3.8) is 0 Å². The predicted molar refractivity (Wildman–Crippen MR) is 42.1 cm³/mol. The molecule has 0 bridgehead atoms. The van der Waals surface area contributed by atoms with Crippen LogP contribution in [0, 0.1) is 5.92 Å². The van der Waals surface area contributed by atoms with Crippen LogP contribution in [0.4, 0.5) is 0 Å². The van der Waals surface area contributed by atoms with E-state index in [1.54, 1.807) is 6.20 Å². The zero-order valence-electron chi connectivity index (χ0n) is 6.21. The lowest BCUT2D eigenvalue weighted by atomic mass is 9.93. The highest BCUT2D eigenvalue weighted by atomic mass is 16.1. The van der Waals surface area contributed by atoms with Gasteiger partial charge in [-0.15, -0.1) is 0 Å². The topological polar surface area (TPSA) is 41.5 Å². The molecule has 0 radical (unpaired) electrons. The maximum Gasteiger partial charge on any atom is 0.225 e. The van der Waals surface area contributed by atoms with E-state index in [2.05, 4.69) is 10.3 Å². The molecule has 3 heteroatoms. The van der Waals surface area contributed by atoms with Crippen molar-refractivity contribution in [2.75, 3.05) is 0 Å². The van der Waals surface area contributed by atoms with E-state index in [0.29, 0.717) is 12.3 Å². The first-order valence-corrected chi connectivity index (χ1v) is 3.89. The van der Waals surface area contributed by atoms with Crippen LogP contribution in [0.1, 0.15) is 19.3 Å². The number of piperidine rings is 1. The van der Waals surface area contributed by atoms with Gasteiger partial charge in [0.15, 0.2) is 0 Å². The third kappa shape index (κ3) is 1.18. The Balaban J connectivity index is 2.18. The van der Waals surface area contributed by atoms with E-state index < -0.39 is 0 Å². The van der Waals surface area contributed by atoms with E-state index in [-0.39, 0.29) is 5.91 Å². The quantitative estimate of drug-likeness (QED) is 0.546. The van der Waals surface area contributed by atoms with E-state index in [1.807, 2.05) is 6.08 Å². The summed E-state index contributed by atoms with van der Waals surface area (Å²) < 4.78 is 0.